The van der Waals surface area contributed by atoms with Crippen LogP contribution in [0.4, 0.5) is 5.69 Å². The van der Waals surface area contributed by atoms with Crippen LogP contribution in [0.25, 0.3) is 11.1 Å². The van der Waals surface area contributed by atoms with Gasteiger partial charge in [0.15, 0.2) is 11.1 Å². The molecule has 0 fully saturated rings. The highest BCUT2D eigenvalue weighted by atomic mass is 32.2. The molecule has 1 unspecified atom stereocenters. The Balaban J connectivity index is 2.22. The first-order valence-electron chi connectivity index (χ1n) is 5.65. The predicted molar refractivity (Wildman–Crippen MR) is 75.2 cm³/mol. The molecule has 0 saturated carbocycles. The normalized spacial score (nSPS) is 11.9. The van der Waals surface area contributed by atoms with Crippen molar-refractivity contribution in [1.29, 1.82) is 0 Å². The quantitative estimate of drug-likeness (QED) is 0.846. The molecule has 5 heteroatoms. The Kier molecular flexibility index (Phi) is 4.09. The van der Waals surface area contributed by atoms with Crippen molar-refractivity contribution in [1.82, 2.24) is 0 Å². The van der Waals surface area contributed by atoms with E-state index in [0.29, 0.717) is 4.90 Å². The van der Waals surface area contributed by atoms with Crippen LogP contribution in [0.2, 0.25) is 0 Å². The van der Waals surface area contributed by atoms with Crippen molar-refractivity contribution in [3.63, 3.8) is 0 Å². The van der Waals surface area contributed by atoms with Gasteiger partial charge in [-0.1, -0.05) is 24.3 Å². The maximum Gasteiger partial charge on any atom is 0.221 e. The maximum atomic E-state index is 10.9. The van der Waals surface area contributed by atoms with Crippen molar-refractivity contribution in [3.8, 4) is 11.1 Å². The number of amides is 1. The van der Waals surface area contributed by atoms with Crippen molar-refractivity contribution >= 4 is 22.7 Å². The van der Waals surface area contributed by atoms with Crippen molar-refractivity contribution < 1.29 is 13.6 Å². The summed E-state index contributed by atoms with van der Waals surface area (Å²) in [7, 11) is 0. The maximum absolute atomic E-state index is 10.9. The molecule has 0 bridgehead atoms. The smallest absolute Gasteiger partial charge is 0.221 e. The third kappa shape index (κ3) is 3.49. The van der Waals surface area contributed by atoms with Crippen LogP contribution in [0.5, 0.6) is 0 Å². The molecule has 98 valence electrons. The Labute approximate surface area is 113 Å². The number of rotatable bonds is 3. The number of hydrogen-bond acceptors (Lipinski definition) is 2. The molecule has 1 atom stereocenters. The van der Waals surface area contributed by atoms with Crippen LogP contribution in [0.1, 0.15) is 6.92 Å². The summed E-state index contributed by atoms with van der Waals surface area (Å²) in [6.45, 7) is 1.46. The van der Waals surface area contributed by atoms with Gasteiger partial charge in [0.05, 0.1) is 4.90 Å². The van der Waals surface area contributed by atoms with E-state index in [9.17, 15) is 9.00 Å². The second kappa shape index (κ2) is 5.77. The first kappa shape index (κ1) is 13.5. The molecule has 0 saturated heterocycles. The zero-order valence-electron chi connectivity index (χ0n) is 10.3. The van der Waals surface area contributed by atoms with Crippen LogP contribution < -0.4 is 5.32 Å². The van der Waals surface area contributed by atoms with Gasteiger partial charge >= 0.3 is 0 Å². The molecule has 2 aromatic rings. The summed E-state index contributed by atoms with van der Waals surface area (Å²) >= 11 is -1.95. The zero-order chi connectivity index (χ0) is 13.8. The summed E-state index contributed by atoms with van der Waals surface area (Å²) in [6, 6.07) is 14.2. The van der Waals surface area contributed by atoms with E-state index in [4.69, 9.17) is 4.55 Å². The van der Waals surface area contributed by atoms with Gasteiger partial charge in [-0.25, -0.2) is 4.21 Å². The molecule has 0 spiro atoms. The highest BCUT2D eigenvalue weighted by Gasteiger charge is 2.02. The molecule has 0 radical (unpaired) electrons. The van der Waals surface area contributed by atoms with Gasteiger partial charge < -0.3 is 9.87 Å². The number of anilines is 1. The fourth-order valence-electron chi connectivity index (χ4n) is 1.71. The van der Waals surface area contributed by atoms with Crippen LogP contribution in [0.3, 0.4) is 0 Å². The number of hydrogen-bond donors (Lipinski definition) is 2. The van der Waals surface area contributed by atoms with E-state index in [1.807, 2.05) is 24.3 Å². The monoisotopic (exact) mass is 275 g/mol. The van der Waals surface area contributed by atoms with Gasteiger partial charge in [0.25, 0.3) is 0 Å². The summed E-state index contributed by atoms with van der Waals surface area (Å²) in [5, 5.41) is 2.70. The van der Waals surface area contributed by atoms with Crippen LogP contribution in [-0.4, -0.2) is 14.7 Å². The minimum Gasteiger partial charge on any atom is -0.326 e. The van der Waals surface area contributed by atoms with Gasteiger partial charge in [0.2, 0.25) is 5.91 Å². The van der Waals surface area contributed by atoms with Crippen molar-refractivity contribution in [3.05, 3.63) is 48.5 Å². The summed E-state index contributed by atoms with van der Waals surface area (Å²) in [4.78, 5) is 11.3. The molecule has 4 nitrogen and oxygen atoms in total. The number of carbonyl (C=O) groups excluding carboxylic acids is 1. The third-order valence-electron chi connectivity index (χ3n) is 2.59. The lowest BCUT2D eigenvalue weighted by Gasteiger charge is -2.05. The van der Waals surface area contributed by atoms with Gasteiger partial charge in [0.1, 0.15) is 0 Å². The number of carbonyl (C=O) groups is 1. The summed E-state index contributed by atoms with van der Waals surface area (Å²) in [6.07, 6.45) is 0. The Bertz CT molecular complexity index is 606. The SMILES string of the molecule is CC(=O)Nc1ccc(-c2ccc(S(=O)O)cc2)cc1. The standard InChI is InChI=1S/C14H13NO3S/c1-10(16)15-13-6-2-11(3-7-13)12-4-8-14(9-5-12)19(17)18/h2-9H,1H3,(H,15,16)(H,17,18). The van der Waals surface area contributed by atoms with Gasteiger partial charge in [-0.05, 0) is 35.4 Å². The molecule has 0 aromatic heterocycles. The molecule has 1 amide bonds. The fraction of sp³-hybridized carbons (Fsp3) is 0.0714. The first-order valence-corrected chi connectivity index (χ1v) is 6.76. The largest absolute Gasteiger partial charge is 0.326 e. The Morgan fingerprint density at radius 2 is 1.47 bits per heavy atom. The lowest BCUT2D eigenvalue weighted by Crippen LogP contribution is -2.05. The molecule has 19 heavy (non-hydrogen) atoms. The molecule has 0 aliphatic carbocycles. The Hall–Kier alpha value is -1.98. The fourth-order valence-corrected chi connectivity index (χ4v) is 2.08. The topological polar surface area (TPSA) is 66.4 Å². The molecule has 2 N–H and O–H groups in total. The average molecular weight is 275 g/mol. The predicted octanol–water partition coefficient (Wildman–Crippen LogP) is 2.89. The lowest BCUT2D eigenvalue weighted by molar-refractivity contribution is -0.114. The van der Waals surface area contributed by atoms with E-state index in [1.54, 1.807) is 24.3 Å². The molecule has 0 aliphatic rings. The molecule has 2 aromatic carbocycles. The number of nitrogens with one attached hydrogen (secondary N) is 1. The Morgan fingerprint density at radius 3 is 1.89 bits per heavy atom. The first-order chi connectivity index (χ1) is 9.06. The highest BCUT2D eigenvalue weighted by Crippen LogP contribution is 2.22. The molecular weight excluding hydrogens is 262 g/mol. The second-order valence-electron chi connectivity index (χ2n) is 4.03. The molecule has 0 heterocycles. The van der Waals surface area contributed by atoms with Gasteiger partial charge in [-0.2, -0.15) is 0 Å². The van der Waals surface area contributed by atoms with E-state index in [1.165, 1.54) is 6.92 Å². The van der Waals surface area contributed by atoms with Crippen LogP contribution >= 0.6 is 0 Å². The third-order valence-corrected chi connectivity index (χ3v) is 3.27. The zero-order valence-corrected chi connectivity index (χ0v) is 11.1. The van der Waals surface area contributed by atoms with Gasteiger partial charge in [-0.3, -0.25) is 4.79 Å². The molecule has 0 aliphatic heterocycles. The summed E-state index contributed by atoms with van der Waals surface area (Å²) < 4.78 is 19.8. The minimum atomic E-state index is -1.95. The molecular formula is C14H13NO3S. The lowest BCUT2D eigenvalue weighted by atomic mass is 10.1. The van der Waals surface area contributed by atoms with E-state index in [2.05, 4.69) is 5.32 Å². The van der Waals surface area contributed by atoms with Crippen molar-refractivity contribution in [2.75, 3.05) is 5.32 Å². The van der Waals surface area contributed by atoms with E-state index < -0.39 is 11.1 Å². The van der Waals surface area contributed by atoms with Crippen LogP contribution in [-0.2, 0) is 15.9 Å². The van der Waals surface area contributed by atoms with Crippen molar-refractivity contribution in [2.45, 2.75) is 11.8 Å². The van der Waals surface area contributed by atoms with E-state index in [0.717, 1.165) is 16.8 Å². The summed E-state index contributed by atoms with van der Waals surface area (Å²) in [5.74, 6) is -0.109. The number of benzene rings is 2. The average Bonchev–Trinajstić information content (AvgIpc) is 2.39. The summed E-state index contributed by atoms with van der Waals surface area (Å²) in [5.41, 5.74) is 2.66. The van der Waals surface area contributed by atoms with E-state index in [-0.39, 0.29) is 5.91 Å². The molecule has 2 rings (SSSR count). The van der Waals surface area contributed by atoms with Gasteiger partial charge in [0, 0.05) is 12.6 Å². The van der Waals surface area contributed by atoms with Crippen LogP contribution in [0.15, 0.2) is 53.4 Å². The Morgan fingerprint density at radius 1 is 1.00 bits per heavy atom. The van der Waals surface area contributed by atoms with E-state index >= 15 is 0 Å². The van der Waals surface area contributed by atoms with Gasteiger partial charge in [-0.15, -0.1) is 0 Å². The minimum absolute atomic E-state index is 0.109. The second-order valence-corrected chi connectivity index (χ2v) is 5.00. The van der Waals surface area contributed by atoms with Crippen LogP contribution in [0, 0.1) is 0 Å². The van der Waals surface area contributed by atoms with Crippen molar-refractivity contribution in [2.24, 2.45) is 0 Å². The highest BCUT2D eigenvalue weighted by molar-refractivity contribution is 7.79.